The number of anilines is 3. The van der Waals surface area contributed by atoms with Crippen molar-refractivity contribution >= 4 is 38.4 Å². The summed E-state index contributed by atoms with van der Waals surface area (Å²) in [5.74, 6) is 0.438. The van der Waals surface area contributed by atoms with Crippen molar-refractivity contribution in [2.45, 2.75) is 63.3 Å². The van der Waals surface area contributed by atoms with Gasteiger partial charge in [-0.1, -0.05) is 27.7 Å². The predicted octanol–water partition coefficient (Wildman–Crippen LogP) is 3.10. The minimum atomic E-state index is -3.86. The summed E-state index contributed by atoms with van der Waals surface area (Å²) in [5, 5.41) is 17.8. The Hall–Kier alpha value is -2.37. The molecule has 0 saturated heterocycles. The lowest BCUT2D eigenvalue weighted by atomic mass is 10.0. The Morgan fingerprint density at radius 2 is 1.84 bits per heavy atom. The Kier molecular flexibility index (Phi) is 7.31. The fraction of sp³-hybridized carbons (Fsp3) is 0.524. The van der Waals surface area contributed by atoms with Crippen LogP contribution in [0.2, 0.25) is 0 Å². The van der Waals surface area contributed by atoms with Gasteiger partial charge in [0.2, 0.25) is 0 Å². The van der Waals surface area contributed by atoms with Gasteiger partial charge >= 0.3 is 0 Å². The lowest BCUT2D eigenvalue weighted by Gasteiger charge is -2.26. The number of rotatable bonds is 11. The second kappa shape index (κ2) is 9.63. The third kappa shape index (κ3) is 4.28. The van der Waals surface area contributed by atoms with Gasteiger partial charge in [-0.3, -0.25) is 9.59 Å². The van der Waals surface area contributed by atoms with Crippen LogP contribution >= 0.6 is 11.3 Å². The molecule has 2 atom stereocenters. The molecule has 0 fully saturated rings. The number of nitrogens with zero attached hydrogens (tertiary/aromatic N) is 1. The van der Waals surface area contributed by atoms with Crippen molar-refractivity contribution in [2.75, 3.05) is 23.7 Å². The van der Waals surface area contributed by atoms with Crippen molar-refractivity contribution in [3.05, 3.63) is 37.7 Å². The van der Waals surface area contributed by atoms with Crippen LogP contribution in [0.1, 0.15) is 47.0 Å². The molecule has 9 nitrogen and oxygen atoms in total. The van der Waals surface area contributed by atoms with Crippen molar-refractivity contribution in [3.63, 3.8) is 0 Å². The van der Waals surface area contributed by atoms with Crippen LogP contribution in [0.3, 0.4) is 0 Å². The molecular formula is C21H29N3O6S2. The number of nitrogens with one attached hydrogen (secondary N) is 2. The first-order valence-corrected chi connectivity index (χ1v) is 13.0. The maximum absolute atomic E-state index is 12.7. The van der Waals surface area contributed by atoms with Crippen LogP contribution in [0.25, 0.3) is 0 Å². The van der Waals surface area contributed by atoms with E-state index in [2.05, 4.69) is 10.6 Å². The largest absolute Gasteiger partial charge is 0.504 e. The van der Waals surface area contributed by atoms with Crippen LogP contribution in [-0.2, 0) is 14.8 Å². The van der Waals surface area contributed by atoms with E-state index in [1.54, 1.807) is 13.8 Å². The topological polar surface area (TPSA) is 125 Å². The van der Waals surface area contributed by atoms with Gasteiger partial charge in [0, 0.05) is 31.3 Å². The minimum Gasteiger partial charge on any atom is -0.504 e. The van der Waals surface area contributed by atoms with E-state index in [0.717, 1.165) is 23.5 Å². The average Bonchev–Trinajstić information content (AvgIpc) is 3.40. The summed E-state index contributed by atoms with van der Waals surface area (Å²) < 4.78 is 32.4. The molecule has 0 aliphatic carbocycles. The molecule has 3 N–H and O–H groups in total. The molecule has 1 unspecified atom stereocenters. The van der Waals surface area contributed by atoms with Gasteiger partial charge in [-0.15, -0.1) is 11.3 Å². The highest BCUT2D eigenvalue weighted by atomic mass is 32.2. The molecule has 0 bridgehead atoms. The third-order valence-electron chi connectivity index (χ3n) is 5.63. The van der Waals surface area contributed by atoms with E-state index in [1.807, 2.05) is 19.9 Å². The first-order chi connectivity index (χ1) is 15.2. The summed E-state index contributed by atoms with van der Waals surface area (Å²) in [6, 6.07) is -0.186. The van der Waals surface area contributed by atoms with Gasteiger partial charge in [0.15, 0.2) is 9.96 Å². The van der Waals surface area contributed by atoms with Gasteiger partial charge in [0.25, 0.3) is 20.9 Å². The predicted molar refractivity (Wildman–Crippen MR) is 126 cm³/mol. The van der Waals surface area contributed by atoms with E-state index in [9.17, 15) is 23.1 Å². The maximum Gasteiger partial charge on any atom is 0.256 e. The van der Waals surface area contributed by atoms with Crippen LogP contribution < -0.4 is 21.5 Å². The minimum absolute atomic E-state index is 0.00927. The SMILES string of the molecule is CCC1=CCC([C@@H](CC)Nc2c(Nc3csc(S(=O)(=O)N(CC)CC)c3O)c(=O)c2=O)O1. The van der Waals surface area contributed by atoms with Crippen molar-refractivity contribution < 1.29 is 18.3 Å². The monoisotopic (exact) mass is 483 g/mol. The fourth-order valence-corrected chi connectivity index (χ4v) is 6.56. The summed E-state index contributed by atoms with van der Waals surface area (Å²) in [6.07, 6.45) is 4.05. The Morgan fingerprint density at radius 3 is 2.41 bits per heavy atom. The average molecular weight is 484 g/mol. The standard InChI is InChI=1S/C21H29N3O6S2/c1-5-12-9-10-15(30-12)13(6-2)22-16-17(20(27)19(16)26)23-14-11-31-21(18(14)25)32(28,29)24(7-3)8-4/h9,11,13,15,22-23,25H,5-8,10H2,1-4H3/t13-,15?/m1/s1. The van der Waals surface area contributed by atoms with E-state index in [0.29, 0.717) is 12.8 Å². The van der Waals surface area contributed by atoms with E-state index >= 15 is 0 Å². The number of hydrogen-bond donors (Lipinski definition) is 3. The fourth-order valence-electron chi connectivity index (χ4n) is 3.73. The number of sulfonamides is 1. The Labute approximate surface area is 191 Å². The Bertz CT molecular complexity index is 1170. The highest BCUT2D eigenvalue weighted by Gasteiger charge is 2.32. The molecule has 0 radical (unpaired) electrons. The quantitative estimate of drug-likeness (QED) is 0.417. The van der Waals surface area contributed by atoms with Crippen LogP contribution in [0.15, 0.2) is 31.0 Å². The number of hydrogen-bond acceptors (Lipinski definition) is 9. The molecule has 1 aliphatic heterocycles. The number of allylic oxidation sites excluding steroid dienone is 1. The first kappa shape index (κ1) is 24.3. The highest BCUT2D eigenvalue weighted by Crippen LogP contribution is 2.41. The molecule has 0 spiro atoms. The second-order valence-corrected chi connectivity index (χ2v) is 10.5. The molecule has 0 amide bonds. The van der Waals surface area contributed by atoms with Crippen LogP contribution in [0, 0.1) is 0 Å². The summed E-state index contributed by atoms with van der Waals surface area (Å²) in [6.45, 7) is 7.91. The zero-order valence-electron chi connectivity index (χ0n) is 18.6. The molecule has 1 aliphatic rings. The zero-order valence-corrected chi connectivity index (χ0v) is 20.2. The lowest BCUT2D eigenvalue weighted by molar-refractivity contribution is 0.119. The molecule has 32 heavy (non-hydrogen) atoms. The number of thiophene rings is 1. The third-order valence-corrected chi connectivity index (χ3v) is 9.17. The number of ether oxygens (including phenoxy) is 1. The van der Waals surface area contributed by atoms with Gasteiger partial charge in [-0.05, 0) is 12.5 Å². The molecule has 1 aromatic carbocycles. The Balaban J connectivity index is 1.82. The summed E-state index contributed by atoms with van der Waals surface area (Å²) >= 11 is 0.855. The summed E-state index contributed by atoms with van der Waals surface area (Å²) in [5.41, 5.74) is -1.18. The molecule has 11 heteroatoms. The second-order valence-electron chi connectivity index (χ2n) is 7.48. The van der Waals surface area contributed by atoms with Gasteiger partial charge in [-0.2, -0.15) is 4.31 Å². The highest BCUT2D eigenvalue weighted by molar-refractivity contribution is 7.91. The molecule has 2 aromatic rings. The molecule has 1 aromatic heterocycles. The normalized spacial score (nSPS) is 17.4. The van der Waals surface area contributed by atoms with Crippen LogP contribution in [0.5, 0.6) is 5.75 Å². The Morgan fingerprint density at radius 1 is 1.19 bits per heavy atom. The van der Waals surface area contributed by atoms with Gasteiger partial charge in [0.05, 0.1) is 17.5 Å². The van der Waals surface area contributed by atoms with Gasteiger partial charge in [-0.25, -0.2) is 8.42 Å². The van der Waals surface area contributed by atoms with Crippen LogP contribution in [0.4, 0.5) is 17.1 Å². The van der Waals surface area contributed by atoms with Crippen molar-refractivity contribution in [1.82, 2.24) is 4.31 Å². The van der Waals surface area contributed by atoms with E-state index < -0.39 is 26.6 Å². The lowest BCUT2D eigenvalue weighted by Crippen LogP contribution is -2.42. The number of aromatic hydroxyl groups is 1. The molecule has 0 saturated carbocycles. The molecule has 2 heterocycles. The molecule has 176 valence electrons. The van der Waals surface area contributed by atoms with Crippen molar-refractivity contribution in [1.29, 1.82) is 0 Å². The van der Waals surface area contributed by atoms with E-state index in [4.69, 9.17) is 4.74 Å². The molecular weight excluding hydrogens is 454 g/mol. The van der Waals surface area contributed by atoms with E-state index in [1.165, 1.54) is 9.69 Å². The first-order valence-electron chi connectivity index (χ1n) is 10.7. The smallest absolute Gasteiger partial charge is 0.256 e. The maximum atomic E-state index is 12.7. The summed E-state index contributed by atoms with van der Waals surface area (Å²) in [7, 11) is -3.86. The van der Waals surface area contributed by atoms with E-state index in [-0.39, 0.29) is 46.5 Å². The van der Waals surface area contributed by atoms with Gasteiger partial charge in [0.1, 0.15) is 17.5 Å². The molecule has 3 rings (SSSR count). The zero-order chi connectivity index (χ0) is 23.6. The van der Waals surface area contributed by atoms with Gasteiger partial charge < -0.3 is 20.5 Å². The van der Waals surface area contributed by atoms with Crippen molar-refractivity contribution in [3.8, 4) is 5.75 Å². The van der Waals surface area contributed by atoms with Crippen LogP contribution in [-0.4, -0.2) is 43.1 Å². The van der Waals surface area contributed by atoms with Crippen molar-refractivity contribution in [2.24, 2.45) is 0 Å². The summed E-state index contributed by atoms with van der Waals surface area (Å²) in [4.78, 5) is 24.5.